The van der Waals surface area contributed by atoms with Crippen molar-refractivity contribution in [1.82, 2.24) is 0 Å². The summed E-state index contributed by atoms with van der Waals surface area (Å²) in [5.41, 5.74) is 0.673. The second kappa shape index (κ2) is 4.78. The van der Waals surface area contributed by atoms with Crippen molar-refractivity contribution in [1.29, 1.82) is 5.41 Å². The van der Waals surface area contributed by atoms with Gasteiger partial charge in [0.05, 0.1) is 6.61 Å². The van der Waals surface area contributed by atoms with E-state index < -0.39 is 0 Å². The van der Waals surface area contributed by atoms with E-state index in [0.29, 0.717) is 18.9 Å². The van der Waals surface area contributed by atoms with Crippen LogP contribution in [0.1, 0.15) is 20.3 Å². The summed E-state index contributed by atoms with van der Waals surface area (Å²) in [6.45, 7) is 5.11. The minimum Gasteiger partial charge on any atom is -0.376 e. The van der Waals surface area contributed by atoms with Crippen molar-refractivity contribution >= 4 is 5.71 Å². The molecule has 0 bridgehead atoms. The Morgan fingerprint density at radius 2 is 2.12 bits per heavy atom. The van der Waals surface area contributed by atoms with E-state index in [1.54, 1.807) is 0 Å². The van der Waals surface area contributed by atoms with Crippen LogP contribution in [0.2, 0.25) is 0 Å². The average Bonchev–Trinajstić information content (AvgIpc) is 1.83. The lowest BCUT2D eigenvalue weighted by atomic mass is 10.3. The summed E-state index contributed by atoms with van der Waals surface area (Å²) < 4.78 is 4.96. The van der Waals surface area contributed by atoms with E-state index in [4.69, 9.17) is 10.1 Å². The highest BCUT2D eigenvalue weighted by Gasteiger charge is 1.88. The minimum absolute atomic E-state index is 0.507. The van der Waals surface area contributed by atoms with Gasteiger partial charge in [0.2, 0.25) is 0 Å². The Labute approximate surface area is 50.4 Å². The molecule has 2 nitrogen and oxygen atoms in total. The van der Waals surface area contributed by atoms with Crippen molar-refractivity contribution in [2.45, 2.75) is 20.3 Å². The number of hydrogen-bond acceptors (Lipinski definition) is 2. The number of rotatable bonds is 4. The molecule has 0 aliphatic heterocycles. The molecule has 48 valence electrons. The molecule has 0 unspecified atom stereocenters. The van der Waals surface area contributed by atoms with Crippen LogP contribution in [-0.2, 0) is 4.74 Å². The molecule has 1 N–H and O–H groups in total. The van der Waals surface area contributed by atoms with Crippen LogP contribution in [0.5, 0.6) is 0 Å². The molecule has 0 fully saturated rings. The third-order valence-electron chi connectivity index (χ3n) is 0.907. The first kappa shape index (κ1) is 7.63. The van der Waals surface area contributed by atoms with Crippen LogP contribution in [0, 0.1) is 5.41 Å². The molecular weight excluding hydrogens is 102 g/mol. The second-order valence-corrected chi connectivity index (χ2v) is 1.59. The monoisotopic (exact) mass is 115 g/mol. The van der Waals surface area contributed by atoms with Crippen molar-refractivity contribution in [2.75, 3.05) is 13.2 Å². The van der Waals surface area contributed by atoms with Crippen molar-refractivity contribution in [3.63, 3.8) is 0 Å². The molecule has 0 aromatic rings. The van der Waals surface area contributed by atoms with E-state index in [1.807, 2.05) is 13.8 Å². The largest absolute Gasteiger partial charge is 0.376 e. The van der Waals surface area contributed by atoms with Gasteiger partial charge in [0.25, 0.3) is 0 Å². The quantitative estimate of drug-likeness (QED) is 0.553. The van der Waals surface area contributed by atoms with Crippen molar-refractivity contribution < 1.29 is 4.74 Å². The van der Waals surface area contributed by atoms with E-state index in [0.717, 1.165) is 6.42 Å². The molecule has 0 atom stereocenters. The molecule has 0 aromatic heterocycles. The van der Waals surface area contributed by atoms with Gasteiger partial charge in [0.1, 0.15) is 0 Å². The summed E-state index contributed by atoms with van der Waals surface area (Å²) in [5, 5.41) is 7.12. The Kier molecular flexibility index (Phi) is 4.56. The first-order valence-corrected chi connectivity index (χ1v) is 2.95. The van der Waals surface area contributed by atoms with Crippen LogP contribution < -0.4 is 0 Å². The third kappa shape index (κ3) is 3.81. The SMILES string of the molecule is CCOCC(=N)CC. The first-order valence-electron chi connectivity index (χ1n) is 2.95. The summed E-state index contributed by atoms with van der Waals surface area (Å²) in [4.78, 5) is 0. The van der Waals surface area contributed by atoms with Crippen molar-refractivity contribution in [3.05, 3.63) is 0 Å². The van der Waals surface area contributed by atoms with Gasteiger partial charge in [-0.05, 0) is 13.3 Å². The van der Waals surface area contributed by atoms with E-state index in [-0.39, 0.29) is 0 Å². The zero-order chi connectivity index (χ0) is 6.41. The van der Waals surface area contributed by atoms with Crippen LogP contribution in [0.3, 0.4) is 0 Å². The lowest BCUT2D eigenvalue weighted by Crippen LogP contribution is -2.04. The average molecular weight is 115 g/mol. The zero-order valence-corrected chi connectivity index (χ0v) is 5.53. The van der Waals surface area contributed by atoms with Crippen LogP contribution in [0.25, 0.3) is 0 Å². The maximum Gasteiger partial charge on any atom is 0.0841 e. The summed E-state index contributed by atoms with van der Waals surface area (Å²) in [6.07, 6.45) is 0.806. The molecule has 0 aromatic carbocycles. The molecular formula is C6H13NO. The number of nitrogens with one attached hydrogen (secondary N) is 1. The van der Waals surface area contributed by atoms with Gasteiger partial charge < -0.3 is 10.1 Å². The van der Waals surface area contributed by atoms with Gasteiger partial charge >= 0.3 is 0 Å². The summed E-state index contributed by atoms with van der Waals surface area (Å²) in [6, 6.07) is 0. The van der Waals surface area contributed by atoms with Crippen LogP contribution in [0.4, 0.5) is 0 Å². The molecule has 2 heteroatoms. The lowest BCUT2D eigenvalue weighted by molar-refractivity contribution is 0.186. The standard InChI is InChI=1S/C6H13NO/c1-3-6(7)5-8-4-2/h7H,3-5H2,1-2H3. The van der Waals surface area contributed by atoms with Crippen LogP contribution in [0.15, 0.2) is 0 Å². The Balaban J connectivity index is 2.99. The van der Waals surface area contributed by atoms with Gasteiger partial charge in [-0.3, -0.25) is 0 Å². The highest BCUT2D eigenvalue weighted by Crippen LogP contribution is 1.81. The molecule has 0 rings (SSSR count). The van der Waals surface area contributed by atoms with Crippen LogP contribution >= 0.6 is 0 Å². The highest BCUT2D eigenvalue weighted by atomic mass is 16.5. The fourth-order valence-electron chi connectivity index (χ4n) is 0.327. The molecule has 0 aliphatic carbocycles. The predicted octanol–water partition coefficient (Wildman–Crippen LogP) is 1.45. The first-order chi connectivity index (χ1) is 3.81. The Morgan fingerprint density at radius 1 is 1.50 bits per heavy atom. The zero-order valence-electron chi connectivity index (χ0n) is 5.53. The highest BCUT2D eigenvalue weighted by molar-refractivity contribution is 5.82. The van der Waals surface area contributed by atoms with Gasteiger partial charge in [0, 0.05) is 12.3 Å². The number of hydrogen-bond donors (Lipinski definition) is 1. The minimum atomic E-state index is 0.507. The number of ether oxygens (including phenoxy) is 1. The molecule has 0 amide bonds. The van der Waals surface area contributed by atoms with Gasteiger partial charge in [0.15, 0.2) is 0 Å². The molecule has 8 heavy (non-hydrogen) atoms. The summed E-state index contributed by atoms with van der Waals surface area (Å²) in [5.74, 6) is 0. The molecule has 0 aliphatic rings. The molecule has 0 heterocycles. The van der Waals surface area contributed by atoms with Crippen molar-refractivity contribution in [3.8, 4) is 0 Å². The second-order valence-electron chi connectivity index (χ2n) is 1.59. The maximum absolute atomic E-state index is 7.12. The van der Waals surface area contributed by atoms with Gasteiger partial charge in [-0.1, -0.05) is 6.92 Å². The van der Waals surface area contributed by atoms with E-state index in [2.05, 4.69) is 0 Å². The normalized spacial score (nSPS) is 9.25. The topological polar surface area (TPSA) is 33.1 Å². The van der Waals surface area contributed by atoms with Gasteiger partial charge in [-0.25, -0.2) is 0 Å². The van der Waals surface area contributed by atoms with Gasteiger partial charge in [-0.15, -0.1) is 0 Å². The van der Waals surface area contributed by atoms with Gasteiger partial charge in [-0.2, -0.15) is 0 Å². The smallest absolute Gasteiger partial charge is 0.0841 e. The Hall–Kier alpha value is -0.370. The summed E-state index contributed by atoms with van der Waals surface area (Å²) >= 11 is 0. The molecule has 0 spiro atoms. The lowest BCUT2D eigenvalue weighted by Gasteiger charge is -1.97. The Bertz CT molecular complexity index is 70.9. The Morgan fingerprint density at radius 3 is 2.50 bits per heavy atom. The molecule has 0 saturated carbocycles. The van der Waals surface area contributed by atoms with E-state index >= 15 is 0 Å². The molecule has 0 saturated heterocycles. The fourth-order valence-corrected chi connectivity index (χ4v) is 0.327. The maximum atomic E-state index is 7.12. The predicted molar refractivity (Wildman–Crippen MR) is 34.5 cm³/mol. The fraction of sp³-hybridized carbons (Fsp3) is 0.833. The molecule has 0 radical (unpaired) electrons. The van der Waals surface area contributed by atoms with E-state index in [1.165, 1.54) is 0 Å². The summed E-state index contributed by atoms with van der Waals surface area (Å²) in [7, 11) is 0. The van der Waals surface area contributed by atoms with Crippen molar-refractivity contribution in [2.24, 2.45) is 0 Å². The van der Waals surface area contributed by atoms with Crippen LogP contribution in [-0.4, -0.2) is 18.9 Å². The van der Waals surface area contributed by atoms with E-state index in [9.17, 15) is 0 Å². The third-order valence-corrected chi connectivity index (χ3v) is 0.907.